The fraction of sp³-hybridized carbons (Fsp3) is 0.188. The highest BCUT2D eigenvalue weighted by Gasteiger charge is 2.17. The Kier molecular flexibility index (Phi) is 4.47. The number of nitrogens with zero attached hydrogens (tertiary/aromatic N) is 1. The van der Waals surface area contributed by atoms with Crippen molar-refractivity contribution in [3.05, 3.63) is 58.6 Å². The summed E-state index contributed by atoms with van der Waals surface area (Å²) < 4.78 is 0. The van der Waals surface area contributed by atoms with Crippen LogP contribution in [0.3, 0.4) is 0 Å². The molecule has 0 bridgehead atoms. The molecule has 6 heteroatoms. The number of anilines is 2. The van der Waals surface area contributed by atoms with Gasteiger partial charge in [-0.25, -0.2) is 0 Å². The molecule has 2 aromatic rings. The quantitative estimate of drug-likeness (QED) is 0.747. The van der Waals surface area contributed by atoms with E-state index in [0.29, 0.717) is 11.8 Å². The van der Waals surface area contributed by atoms with Crippen molar-refractivity contribution in [3.8, 4) is 0 Å². The molecule has 0 aliphatic carbocycles. The van der Waals surface area contributed by atoms with Gasteiger partial charge in [0.25, 0.3) is 0 Å². The molecule has 0 fully saturated rings. The van der Waals surface area contributed by atoms with Crippen LogP contribution in [0.25, 0.3) is 0 Å². The minimum atomic E-state index is 0.572. The molecule has 0 saturated carbocycles. The van der Waals surface area contributed by atoms with Crippen molar-refractivity contribution in [1.29, 1.82) is 0 Å². The van der Waals surface area contributed by atoms with Crippen LogP contribution >= 0.6 is 23.8 Å². The van der Waals surface area contributed by atoms with Gasteiger partial charge >= 0.3 is 0 Å². The van der Waals surface area contributed by atoms with Crippen molar-refractivity contribution >= 4 is 40.3 Å². The average molecular weight is 333 g/mol. The lowest BCUT2D eigenvalue weighted by Gasteiger charge is -2.19. The Morgan fingerprint density at radius 1 is 1.27 bits per heavy atom. The molecule has 0 atom stereocenters. The third kappa shape index (κ3) is 3.32. The van der Waals surface area contributed by atoms with Gasteiger partial charge in [-0.05, 0) is 48.5 Å². The van der Waals surface area contributed by atoms with E-state index in [4.69, 9.17) is 23.8 Å². The molecule has 22 heavy (non-hydrogen) atoms. The van der Waals surface area contributed by atoms with Gasteiger partial charge in [-0.1, -0.05) is 35.9 Å². The third-order valence-corrected chi connectivity index (χ3v) is 4.26. The van der Waals surface area contributed by atoms with Gasteiger partial charge < -0.3 is 16.1 Å². The highest BCUT2D eigenvalue weighted by atomic mass is 35.5. The lowest BCUT2D eigenvalue weighted by Crippen LogP contribution is -2.39. The molecule has 0 saturated heterocycles. The Bertz CT molecular complexity index is 679. The van der Waals surface area contributed by atoms with Crippen molar-refractivity contribution in [2.45, 2.75) is 13.5 Å². The number of rotatable bonds is 3. The van der Waals surface area contributed by atoms with Gasteiger partial charge in [0.15, 0.2) is 5.11 Å². The Labute approximate surface area is 140 Å². The number of thiocarbonyl (C=S) groups is 1. The van der Waals surface area contributed by atoms with E-state index >= 15 is 0 Å². The summed E-state index contributed by atoms with van der Waals surface area (Å²) in [5.41, 5.74) is 7.67. The maximum atomic E-state index is 6.11. The van der Waals surface area contributed by atoms with Gasteiger partial charge in [0.05, 0.1) is 12.4 Å². The fourth-order valence-electron chi connectivity index (χ4n) is 2.35. The van der Waals surface area contributed by atoms with E-state index in [1.54, 1.807) is 0 Å². The van der Waals surface area contributed by atoms with E-state index in [1.807, 2.05) is 37.3 Å². The van der Waals surface area contributed by atoms with Crippen LogP contribution in [0.1, 0.15) is 11.1 Å². The van der Waals surface area contributed by atoms with Gasteiger partial charge in [0.2, 0.25) is 0 Å². The van der Waals surface area contributed by atoms with Crippen LogP contribution in [0.4, 0.5) is 11.4 Å². The monoisotopic (exact) mass is 332 g/mol. The van der Waals surface area contributed by atoms with Gasteiger partial charge in [0.1, 0.15) is 0 Å². The predicted molar refractivity (Wildman–Crippen MR) is 96.0 cm³/mol. The predicted octanol–water partition coefficient (Wildman–Crippen LogP) is 3.74. The number of hydrogen-bond acceptors (Lipinski definition) is 3. The van der Waals surface area contributed by atoms with Gasteiger partial charge in [-0.3, -0.25) is 0 Å². The van der Waals surface area contributed by atoms with Crippen LogP contribution in [0.2, 0.25) is 5.02 Å². The summed E-state index contributed by atoms with van der Waals surface area (Å²) in [6, 6.07) is 14.0. The first-order valence-electron chi connectivity index (χ1n) is 7.03. The number of fused-ring (bicyclic) bond motifs is 1. The summed E-state index contributed by atoms with van der Waals surface area (Å²) in [7, 11) is 0. The second-order valence-corrected chi connectivity index (χ2v) is 5.98. The summed E-state index contributed by atoms with van der Waals surface area (Å²) in [5.74, 6) is 0. The van der Waals surface area contributed by atoms with Crippen molar-refractivity contribution in [1.82, 2.24) is 10.3 Å². The van der Waals surface area contributed by atoms with E-state index in [-0.39, 0.29) is 0 Å². The first-order valence-corrected chi connectivity index (χ1v) is 7.81. The standard InChI is InChI=1S/C16H17ClN4S/c1-11-13(17)6-4-8-14(11)19-16(22)18-10-21-9-12-5-2-3-7-15(12)20-21/h2-8,20H,9-10H2,1H3,(H2,18,19,22). The molecule has 114 valence electrons. The topological polar surface area (TPSA) is 39.3 Å². The zero-order valence-corrected chi connectivity index (χ0v) is 13.8. The molecule has 1 heterocycles. The molecular weight excluding hydrogens is 316 g/mol. The molecule has 0 aromatic heterocycles. The van der Waals surface area contributed by atoms with E-state index < -0.39 is 0 Å². The van der Waals surface area contributed by atoms with E-state index in [2.05, 4.69) is 33.2 Å². The minimum absolute atomic E-state index is 0.572. The SMILES string of the molecule is Cc1c(Cl)cccc1NC(=S)NCN1Cc2ccccc2N1. The summed E-state index contributed by atoms with van der Waals surface area (Å²) in [4.78, 5) is 0. The zero-order chi connectivity index (χ0) is 15.5. The number of halogens is 1. The van der Waals surface area contributed by atoms with Crippen molar-refractivity contribution < 1.29 is 0 Å². The highest BCUT2D eigenvalue weighted by molar-refractivity contribution is 7.80. The number of hydrazine groups is 1. The molecule has 1 aliphatic rings. The lowest BCUT2D eigenvalue weighted by molar-refractivity contribution is 0.337. The Morgan fingerprint density at radius 3 is 2.91 bits per heavy atom. The Balaban J connectivity index is 1.53. The molecule has 0 radical (unpaired) electrons. The maximum Gasteiger partial charge on any atom is 0.171 e. The van der Waals surface area contributed by atoms with Crippen LogP contribution in [0.15, 0.2) is 42.5 Å². The van der Waals surface area contributed by atoms with Gasteiger partial charge in [-0.15, -0.1) is 0 Å². The second-order valence-electron chi connectivity index (χ2n) is 5.17. The lowest BCUT2D eigenvalue weighted by atomic mass is 10.2. The van der Waals surface area contributed by atoms with Gasteiger partial charge in [0, 0.05) is 17.3 Å². The third-order valence-electron chi connectivity index (χ3n) is 3.60. The number of para-hydroxylation sites is 1. The molecule has 0 unspecified atom stereocenters. The largest absolute Gasteiger partial charge is 0.348 e. The van der Waals surface area contributed by atoms with Crippen molar-refractivity contribution in [3.63, 3.8) is 0 Å². The minimum Gasteiger partial charge on any atom is -0.348 e. The van der Waals surface area contributed by atoms with E-state index in [1.165, 1.54) is 5.56 Å². The summed E-state index contributed by atoms with van der Waals surface area (Å²) in [6.07, 6.45) is 0. The molecule has 3 N–H and O–H groups in total. The van der Waals surface area contributed by atoms with Crippen LogP contribution in [-0.4, -0.2) is 16.8 Å². The first-order chi connectivity index (χ1) is 10.6. The normalized spacial score (nSPS) is 13.4. The number of benzene rings is 2. The molecular formula is C16H17ClN4S. The van der Waals surface area contributed by atoms with Crippen LogP contribution in [-0.2, 0) is 6.54 Å². The second kappa shape index (κ2) is 6.52. The number of nitrogens with one attached hydrogen (secondary N) is 3. The maximum absolute atomic E-state index is 6.11. The summed E-state index contributed by atoms with van der Waals surface area (Å²) >= 11 is 11.4. The molecule has 1 aliphatic heterocycles. The number of hydrogen-bond donors (Lipinski definition) is 3. The smallest absolute Gasteiger partial charge is 0.171 e. The Morgan fingerprint density at radius 2 is 2.09 bits per heavy atom. The first kappa shape index (κ1) is 15.1. The molecule has 0 spiro atoms. The summed E-state index contributed by atoms with van der Waals surface area (Å²) in [5, 5.41) is 9.74. The van der Waals surface area contributed by atoms with Gasteiger partial charge in [-0.2, -0.15) is 5.01 Å². The molecule has 2 aromatic carbocycles. The molecule has 3 rings (SSSR count). The highest BCUT2D eigenvalue weighted by Crippen LogP contribution is 2.24. The molecule has 4 nitrogen and oxygen atoms in total. The van der Waals surface area contributed by atoms with Crippen molar-refractivity contribution in [2.24, 2.45) is 0 Å². The average Bonchev–Trinajstić information content (AvgIpc) is 2.93. The van der Waals surface area contributed by atoms with Crippen LogP contribution in [0, 0.1) is 6.92 Å². The van der Waals surface area contributed by atoms with Crippen molar-refractivity contribution in [2.75, 3.05) is 17.4 Å². The fourth-order valence-corrected chi connectivity index (χ4v) is 2.70. The van der Waals surface area contributed by atoms with E-state index in [0.717, 1.165) is 28.5 Å². The van der Waals surface area contributed by atoms with Crippen LogP contribution < -0.4 is 16.1 Å². The molecule has 0 amide bonds. The van der Waals surface area contributed by atoms with Crippen LogP contribution in [0.5, 0.6) is 0 Å². The Hall–Kier alpha value is -1.82. The van der Waals surface area contributed by atoms with E-state index in [9.17, 15) is 0 Å². The summed E-state index contributed by atoms with van der Waals surface area (Å²) in [6.45, 7) is 3.42. The zero-order valence-electron chi connectivity index (χ0n) is 12.2.